The zero-order valence-corrected chi connectivity index (χ0v) is 7.42. The van der Waals surface area contributed by atoms with E-state index in [4.69, 9.17) is 0 Å². The molecule has 64 valence electrons. The molecular formula is C8H16N2O. The van der Waals surface area contributed by atoms with Gasteiger partial charge in [0, 0.05) is 13.1 Å². The van der Waals surface area contributed by atoms with E-state index in [1.54, 1.807) is 0 Å². The monoisotopic (exact) mass is 156 g/mol. The van der Waals surface area contributed by atoms with Gasteiger partial charge in [0.05, 0.1) is 6.04 Å². The fraction of sp³-hybridized carbons (Fsp3) is 0.875. The van der Waals surface area contributed by atoms with Crippen molar-refractivity contribution in [3.05, 3.63) is 0 Å². The van der Waals surface area contributed by atoms with E-state index in [2.05, 4.69) is 5.32 Å². The molecule has 1 aliphatic carbocycles. The van der Waals surface area contributed by atoms with Crippen LogP contribution in [0.15, 0.2) is 0 Å². The SMILES string of the molecule is CNC(C)C(=O)N(C)C1CC1. The molecule has 3 nitrogen and oxygen atoms in total. The molecule has 0 aliphatic heterocycles. The molecule has 0 saturated heterocycles. The van der Waals surface area contributed by atoms with Crippen LogP contribution in [0.4, 0.5) is 0 Å². The van der Waals surface area contributed by atoms with Crippen LogP contribution >= 0.6 is 0 Å². The Morgan fingerprint density at radius 3 is 2.55 bits per heavy atom. The van der Waals surface area contributed by atoms with Gasteiger partial charge in [0.25, 0.3) is 0 Å². The molecule has 0 bridgehead atoms. The van der Waals surface area contributed by atoms with Gasteiger partial charge in [0.1, 0.15) is 0 Å². The minimum Gasteiger partial charge on any atom is -0.341 e. The molecule has 1 unspecified atom stereocenters. The third-order valence-electron chi connectivity index (χ3n) is 2.25. The smallest absolute Gasteiger partial charge is 0.239 e. The molecule has 1 rings (SSSR count). The number of hydrogen-bond donors (Lipinski definition) is 1. The highest BCUT2D eigenvalue weighted by atomic mass is 16.2. The van der Waals surface area contributed by atoms with Crippen molar-refractivity contribution in [2.75, 3.05) is 14.1 Å². The second kappa shape index (κ2) is 3.22. The molecule has 0 heterocycles. The number of likely N-dealkylation sites (N-methyl/N-ethyl adjacent to an activating group) is 2. The number of nitrogens with zero attached hydrogens (tertiary/aromatic N) is 1. The van der Waals surface area contributed by atoms with Crippen molar-refractivity contribution in [2.24, 2.45) is 0 Å². The average Bonchev–Trinajstić information content (AvgIpc) is 2.82. The van der Waals surface area contributed by atoms with Crippen LogP contribution in [0.5, 0.6) is 0 Å². The molecule has 1 amide bonds. The van der Waals surface area contributed by atoms with Gasteiger partial charge < -0.3 is 10.2 Å². The summed E-state index contributed by atoms with van der Waals surface area (Å²) in [6, 6.07) is 0.485. The number of amides is 1. The summed E-state index contributed by atoms with van der Waals surface area (Å²) in [6.45, 7) is 1.89. The number of hydrogen-bond acceptors (Lipinski definition) is 2. The van der Waals surface area contributed by atoms with E-state index >= 15 is 0 Å². The Morgan fingerprint density at radius 2 is 2.18 bits per heavy atom. The summed E-state index contributed by atoms with van der Waals surface area (Å²) in [5.74, 6) is 0.204. The van der Waals surface area contributed by atoms with Crippen LogP contribution in [-0.2, 0) is 4.79 Å². The lowest BCUT2D eigenvalue weighted by Crippen LogP contribution is -2.42. The molecular weight excluding hydrogens is 140 g/mol. The first-order chi connectivity index (χ1) is 5.16. The van der Waals surface area contributed by atoms with Crippen LogP contribution in [0.2, 0.25) is 0 Å². The van der Waals surface area contributed by atoms with Crippen LogP contribution in [0, 0.1) is 0 Å². The van der Waals surface area contributed by atoms with Gasteiger partial charge in [-0.25, -0.2) is 0 Å². The summed E-state index contributed by atoms with van der Waals surface area (Å²) < 4.78 is 0. The van der Waals surface area contributed by atoms with Crippen LogP contribution < -0.4 is 5.32 Å². The van der Waals surface area contributed by atoms with Gasteiger partial charge in [0.2, 0.25) is 5.91 Å². The predicted octanol–water partition coefficient (Wildman–Crippen LogP) is 0.215. The lowest BCUT2D eigenvalue weighted by molar-refractivity contribution is -0.132. The first-order valence-corrected chi connectivity index (χ1v) is 4.10. The quantitative estimate of drug-likeness (QED) is 0.633. The average molecular weight is 156 g/mol. The van der Waals surface area contributed by atoms with Crippen molar-refractivity contribution < 1.29 is 4.79 Å². The maximum absolute atomic E-state index is 11.4. The molecule has 1 saturated carbocycles. The zero-order valence-electron chi connectivity index (χ0n) is 7.42. The molecule has 3 heteroatoms. The third-order valence-corrected chi connectivity index (χ3v) is 2.25. The molecule has 1 aliphatic rings. The Morgan fingerprint density at radius 1 is 1.64 bits per heavy atom. The van der Waals surface area contributed by atoms with Gasteiger partial charge in [-0.3, -0.25) is 4.79 Å². The van der Waals surface area contributed by atoms with Gasteiger partial charge in [0.15, 0.2) is 0 Å². The fourth-order valence-electron chi connectivity index (χ4n) is 1.07. The van der Waals surface area contributed by atoms with Gasteiger partial charge in [-0.05, 0) is 26.8 Å². The minimum atomic E-state index is -0.0411. The molecule has 0 aromatic heterocycles. The molecule has 11 heavy (non-hydrogen) atoms. The lowest BCUT2D eigenvalue weighted by Gasteiger charge is -2.20. The second-order valence-electron chi connectivity index (χ2n) is 3.19. The van der Waals surface area contributed by atoms with Crippen LogP contribution in [0.3, 0.4) is 0 Å². The Hall–Kier alpha value is -0.570. The van der Waals surface area contributed by atoms with Crippen molar-refractivity contribution in [3.8, 4) is 0 Å². The summed E-state index contributed by atoms with van der Waals surface area (Å²) >= 11 is 0. The van der Waals surface area contributed by atoms with E-state index < -0.39 is 0 Å². The van der Waals surface area contributed by atoms with Crippen LogP contribution in [0.25, 0.3) is 0 Å². The molecule has 1 N–H and O–H groups in total. The van der Waals surface area contributed by atoms with E-state index in [1.807, 2.05) is 25.9 Å². The fourth-order valence-corrected chi connectivity index (χ4v) is 1.07. The van der Waals surface area contributed by atoms with E-state index in [0.717, 1.165) is 0 Å². The number of nitrogens with one attached hydrogen (secondary N) is 1. The van der Waals surface area contributed by atoms with E-state index in [0.29, 0.717) is 6.04 Å². The maximum atomic E-state index is 11.4. The molecule has 0 aromatic rings. The largest absolute Gasteiger partial charge is 0.341 e. The lowest BCUT2D eigenvalue weighted by atomic mass is 10.3. The number of carbonyl (C=O) groups excluding carboxylic acids is 1. The molecule has 0 aromatic carbocycles. The summed E-state index contributed by atoms with van der Waals surface area (Å²) in [5, 5.41) is 2.94. The minimum absolute atomic E-state index is 0.0411. The van der Waals surface area contributed by atoms with Crippen LogP contribution in [0.1, 0.15) is 19.8 Å². The van der Waals surface area contributed by atoms with E-state index in [-0.39, 0.29) is 11.9 Å². The first-order valence-electron chi connectivity index (χ1n) is 4.10. The summed E-state index contributed by atoms with van der Waals surface area (Å²) in [7, 11) is 3.69. The first kappa shape index (κ1) is 8.53. The molecule has 0 radical (unpaired) electrons. The summed E-state index contributed by atoms with van der Waals surface area (Å²) in [5.41, 5.74) is 0. The van der Waals surface area contributed by atoms with Gasteiger partial charge in [-0.2, -0.15) is 0 Å². The second-order valence-corrected chi connectivity index (χ2v) is 3.19. The van der Waals surface area contributed by atoms with Gasteiger partial charge in [-0.1, -0.05) is 0 Å². The summed E-state index contributed by atoms with van der Waals surface area (Å²) in [6.07, 6.45) is 2.36. The Bertz CT molecular complexity index is 154. The summed E-state index contributed by atoms with van der Waals surface area (Å²) in [4.78, 5) is 13.3. The highest BCUT2D eigenvalue weighted by Gasteiger charge is 2.30. The highest BCUT2D eigenvalue weighted by molar-refractivity contribution is 5.81. The van der Waals surface area contributed by atoms with Gasteiger partial charge in [-0.15, -0.1) is 0 Å². The maximum Gasteiger partial charge on any atom is 0.239 e. The number of carbonyl (C=O) groups is 1. The zero-order chi connectivity index (χ0) is 8.43. The van der Waals surface area contributed by atoms with E-state index in [9.17, 15) is 4.79 Å². The van der Waals surface area contributed by atoms with Crippen molar-refractivity contribution in [1.29, 1.82) is 0 Å². The Kier molecular flexibility index (Phi) is 2.49. The van der Waals surface area contributed by atoms with E-state index in [1.165, 1.54) is 12.8 Å². The molecule has 1 fully saturated rings. The predicted molar refractivity (Wildman–Crippen MR) is 44.3 cm³/mol. The standard InChI is InChI=1S/C8H16N2O/c1-6(9-2)8(11)10(3)7-4-5-7/h6-7,9H,4-5H2,1-3H3. The van der Waals surface area contributed by atoms with Crippen molar-refractivity contribution >= 4 is 5.91 Å². The molecule has 1 atom stereocenters. The van der Waals surface area contributed by atoms with Gasteiger partial charge >= 0.3 is 0 Å². The highest BCUT2D eigenvalue weighted by Crippen LogP contribution is 2.25. The molecule has 0 spiro atoms. The van der Waals surface area contributed by atoms with Crippen molar-refractivity contribution in [1.82, 2.24) is 10.2 Å². The normalized spacial score (nSPS) is 19.5. The van der Waals surface area contributed by atoms with Crippen molar-refractivity contribution in [2.45, 2.75) is 31.8 Å². The number of rotatable bonds is 3. The third kappa shape index (κ3) is 1.93. The Balaban J connectivity index is 2.38. The topological polar surface area (TPSA) is 32.3 Å². The Labute approximate surface area is 67.8 Å². The van der Waals surface area contributed by atoms with Crippen LogP contribution in [-0.4, -0.2) is 37.0 Å². The van der Waals surface area contributed by atoms with Crippen molar-refractivity contribution in [3.63, 3.8) is 0 Å².